The maximum atomic E-state index is 6.56. The van der Waals surface area contributed by atoms with E-state index in [0.29, 0.717) is 5.92 Å². The molecule has 2 aliphatic heterocycles. The highest BCUT2D eigenvalue weighted by atomic mass is 16.5. The molecular formula is C14H27NO2. The number of rotatable bonds is 1. The fourth-order valence-corrected chi connectivity index (χ4v) is 3.09. The summed E-state index contributed by atoms with van der Waals surface area (Å²) in [6.07, 6.45) is 1.99. The Kier molecular flexibility index (Phi) is 3.30. The lowest BCUT2D eigenvalue weighted by Gasteiger charge is -2.53. The van der Waals surface area contributed by atoms with Crippen LogP contribution < -0.4 is 5.32 Å². The van der Waals surface area contributed by atoms with Gasteiger partial charge in [-0.1, -0.05) is 13.8 Å². The topological polar surface area (TPSA) is 30.5 Å². The Bertz CT molecular complexity index is 286. The van der Waals surface area contributed by atoms with Gasteiger partial charge in [-0.2, -0.15) is 0 Å². The Morgan fingerprint density at radius 2 is 1.82 bits per heavy atom. The molecule has 0 amide bonds. The van der Waals surface area contributed by atoms with E-state index in [1.165, 1.54) is 0 Å². The molecule has 0 aromatic heterocycles. The monoisotopic (exact) mass is 241 g/mol. The molecule has 2 fully saturated rings. The summed E-state index contributed by atoms with van der Waals surface area (Å²) in [5.41, 5.74) is -0.139. The number of morpholine rings is 1. The van der Waals surface area contributed by atoms with Crippen LogP contribution in [0.25, 0.3) is 0 Å². The van der Waals surface area contributed by atoms with Crippen LogP contribution in [0.1, 0.15) is 47.5 Å². The number of ether oxygens (including phenoxy) is 2. The van der Waals surface area contributed by atoms with Gasteiger partial charge in [0.05, 0.1) is 23.4 Å². The van der Waals surface area contributed by atoms with Crippen LogP contribution in [0.15, 0.2) is 0 Å². The van der Waals surface area contributed by atoms with Crippen LogP contribution in [0, 0.1) is 5.92 Å². The predicted octanol–water partition coefficient (Wildman–Crippen LogP) is 2.35. The SMILES string of the molecule is CC(C)C1(C)CNCC2(CCOC(C)(C)C2)O1. The molecule has 2 rings (SSSR count). The second kappa shape index (κ2) is 4.22. The van der Waals surface area contributed by atoms with Gasteiger partial charge in [0.2, 0.25) is 0 Å². The normalized spacial score (nSPS) is 42.0. The molecule has 0 aromatic carbocycles. The van der Waals surface area contributed by atoms with Crippen molar-refractivity contribution in [3.8, 4) is 0 Å². The van der Waals surface area contributed by atoms with Crippen LogP contribution in [-0.2, 0) is 9.47 Å². The summed E-state index contributed by atoms with van der Waals surface area (Å²) >= 11 is 0. The average Bonchev–Trinajstić information content (AvgIpc) is 2.14. The standard InChI is InChI=1S/C14H27NO2/c1-11(2)13(5)9-15-10-14(17-13)6-7-16-12(3,4)8-14/h11,15H,6-10H2,1-5H3. The van der Waals surface area contributed by atoms with E-state index in [9.17, 15) is 0 Å². The van der Waals surface area contributed by atoms with Gasteiger partial charge in [0, 0.05) is 25.9 Å². The third-order valence-corrected chi connectivity index (χ3v) is 4.39. The first-order valence-corrected chi connectivity index (χ1v) is 6.82. The Labute approximate surface area is 105 Å². The Morgan fingerprint density at radius 1 is 1.12 bits per heavy atom. The van der Waals surface area contributed by atoms with E-state index in [0.717, 1.165) is 32.5 Å². The number of nitrogens with one attached hydrogen (secondary N) is 1. The molecule has 0 aliphatic carbocycles. The average molecular weight is 241 g/mol. The third kappa shape index (κ3) is 2.67. The molecule has 1 spiro atoms. The van der Waals surface area contributed by atoms with E-state index in [1.807, 2.05) is 0 Å². The largest absolute Gasteiger partial charge is 0.375 e. The van der Waals surface area contributed by atoms with Crippen LogP contribution in [0.3, 0.4) is 0 Å². The molecule has 1 N–H and O–H groups in total. The van der Waals surface area contributed by atoms with Gasteiger partial charge in [0.25, 0.3) is 0 Å². The van der Waals surface area contributed by atoms with E-state index in [4.69, 9.17) is 9.47 Å². The van der Waals surface area contributed by atoms with Crippen LogP contribution in [-0.4, -0.2) is 36.5 Å². The van der Waals surface area contributed by atoms with Crippen molar-refractivity contribution in [2.45, 2.75) is 64.3 Å². The zero-order valence-corrected chi connectivity index (χ0v) is 11.9. The summed E-state index contributed by atoms with van der Waals surface area (Å²) in [6.45, 7) is 13.8. The maximum Gasteiger partial charge on any atom is 0.0863 e. The fraction of sp³-hybridized carbons (Fsp3) is 1.00. The molecule has 2 unspecified atom stereocenters. The van der Waals surface area contributed by atoms with Gasteiger partial charge in [0.1, 0.15) is 0 Å². The second-order valence-electron chi connectivity index (χ2n) is 6.89. The highest BCUT2D eigenvalue weighted by molar-refractivity contribution is 5.00. The quantitative estimate of drug-likeness (QED) is 0.764. The summed E-state index contributed by atoms with van der Waals surface area (Å²) in [5, 5.41) is 3.57. The highest BCUT2D eigenvalue weighted by Crippen LogP contribution is 2.40. The molecule has 17 heavy (non-hydrogen) atoms. The van der Waals surface area contributed by atoms with Crippen LogP contribution in [0.2, 0.25) is 0 Å². The lowest BCUT2D eigenvalue weighted by molar-refractivity contribution is -0.241. The van der Waals surface area contributed by atoms with Crippen molar-refractivity contribution in [2.24, 2.45) is 5.92 Å². The number of hydrogen-bond acceptors (Lipinski definition) is 3. The first-order valence-electron chi connectivity index (χ1n) is 6.82. The zero-order chi connectivity index (χ0) is 12.7. The lowest BCUT2D eigenvalue weighted by atomic mass is 9.80. The smallest absolute Gasteiger partial charge is 0.0863 e. The van der Waals surface area contributed by atoms with E-state index in [1.54, 1.807) is 0 Å². The first kappa shape index (κ1) is 13.3. The minimum absolute atomic E-state index is 0.0288. The molecule has 2 atom stereocenters. The highest BCUT2D eigenvalue weighted by Gasteiger charge is 2.49. The molecule has 100 valence electrons. The van der Waals surface area contributed by atoms with Gasteiger partial charge in [0.15, 0.2) is 0 Å². The maximum absolute atomic E-state index is 6.56. The minimum Gasteiger partial charge on any atom is -0.375 e. The van der Waals surface area contributed by atoms with E-state index >= 15 is 0 Å². The third-order valence-electron chi connectivity index (χ3n) is 4.39. The second-order valence-corrected chi connectivity index (χ2v) is 6.89. The van der Waals surface area contributed by atoms with E-state index in [-0.39, 0.29) is 16.8 Å². The molecule has 3 nitrogen and oxygen atoms in total. The van der Waals surface area contributed by atoms with Crippen molar-refractivity contribution in [2.75, 3.05) is 19.7 Å². The van der Waals surface area contributed by atoms with Crippen LogP contribution >= 0.6 is 0 Å². The van der Waals surface area contributed by atoms with Crippen molar-refractivity contribution < 1.29 is 9.47 Å². The molecular weight excluding hydrogens is 214 g/mol. The fourth-order valence-electron chi connectivity index (χ4n) is 3.09. The van der Waals surface area contributed by atoms with Crippen molar-refractivity contribution in [3.63, 3.8) is 0 Å². The molecule has 2 aliphatic rings. The molecule has 3 heteroatoms. The van der Waals surface area contributed by atoms with Crippen LogP contribution in [0.5, 0.6) is 0 Å². The molecule has 0 bridgehead atoms. The van der Waals surface area contributed by atoms with Crippen molar-refractivity contribution in [3.05, 3.63) is 0 Å². The zero-order valence-electron chi connectivity index (χ0n) is 11.9. The first-order chi connectivity index (χ1) is 7.77. The van der Waals surface area contributed by atoms with Gasteiger partial charge >= 0.3 is 0 Å². The summed E-state index contributed by atoms with van der Waals surface area (Å²) < 4.78 is 12.4. The molecule has 2 heterocycles. The lowest BCUT2D eigenvalue weighted by Crippen LogP contribution is -2.64. The van der Waals surface area contributed by atoms with Crippen molar-refractivity contribution in [1.82, 2.24) is 5.32 Å². The van der Waals surface area contributed by atoms with Gasteiger partial charge in [-0.25, -0.2) is 0 Å². The minimum atomic E-state index is -0.0604. The van der Waals surface area contributed by atoms with Crippen molar-refractivity contribution in [1.29, 1.82) is 0 Å². The van der Waals surface area contributed by atoms with Crippen LogP contribution in [0.4, 0.5) is 0 Å². The summed E-state index contributed by atoms with van der Waals surface area (Å²) in [7, 11) is 0. The predicted molar refractivity (Wildman–Crippen MR) is 69.2 cm³/mol. The van der Waals surface area contributed by atoms with Crippen molar-refractivity contribution >= 4 is 0 Å². The molecule has 2 saturated heterocycles. The Hall–Kier alpha value is -0.120. The molecule has 0 radical (unpaired) electrons. The van der Waals surface area contributed by atoms with Gasteiger partial charge in [-0.3, -0.25) is 0 Å². The molecule has 0 aromatic rings. The van der Waals surface area contributed by atoms with Gasteiger partial charge < -0.3 is 14.8 Å². The van der Waals surface area contributed by atoms with E-state index in [2.05, 4.69) is 39.9 Å². The van der Waals surface area contributed by atoms with Gasteiger partial charge in [-0.05, 0) is 26.7 Å². The molecule has 0 saturated carbocycles. The van der Waals surface area contributed by atoms with Gasteiger partial charge in [-0.15, -0.1) is 0 Å². The Balaban J connectivity index is 2.15. The Morgan fingerprint density at radius 3 is 2.41 bits per heavy atom. The summed E-state index contributed by atoms with van der Waals surface area (Å²) in [6, 6.07) is 0. The summed E-state index contributed by atoms with van der Waals surface area (Å²) in [5.74, 6) is 0.526. The number of hydrogen-bond donors (Lipinski definition) is 1. The summed E-state index contributed by atoms with van der Waals surface area (Å²) in [4.78, 5) is 0. The van der Waals surface area contributed by atoms with E-state index < -0.39 is 0 Å².